The molecule has 0 radical (unpaired) electrons. The Morgan fingerprint density at radius 1 is 1.21 bits per heavy atom. The Balaban J connectivity index is 1.41. The zero-order valence-electron chi connectivity index (χ0n) is 15.3. The Kier molecular flexibility index (Phi) is 3.65. The Labute approximate surface area is 161 Å². The van der Waals surface area contributed by atoms with Gasteiger partial charge in [-0.25, -0.2) is 4.39 Å². The minimum absolute atomic E-state index is 0.0295. The summed E-state index contributed by atoms with van der Waals surface area (Å²) >= 11 is 0. The summed E-state index contributed by atoms with van der Waals surface area (Å²) < 4.78 is 19.6. The van der Waals surface area contributed by atoms with Gasteiger partial charge in [0.1, 0.15) is 17.1 Å². The van der Waals surface area contributed by atoms with E-state index in [2.05, 4.69) is 15.5 Å². The molecule has 0 bridgehead atoms. The maximum atomic E-state index is 14.4. The number of halogens is 1. The quantitative estimate of drug-likeness (QED) is 0.733. The number of H-pyrrole nitrogens is 1. The second-order valence-electron chi connectivity index (χ2n) is 7.26. The number of hydrogen-bond donors (Lipinski definition) is 2. The minimum Gasteiger partial charge on any atom is -0.497 e. The number of hydrogen-bond acceptors (Lipinski definition) is 4. The molecule has 1 saturated heterocycles. The van der Waals surface area contributed by atoms with E-state index in [1.807, 2.05) is 30.5 Å². The molecule has 1 amide bonds. The number of carbonyl (C=O) groups excluding carboxylic acids is 1. The van der Waals surface area contributed by atoms with Crippen molar-refractivity contribution in [3.05, 3.63) is 60.2 Å². The fraction of sp³-hybridized carbons (Fsp3) is 0.238. The van der Waals surface area contributed by atoms with Crippen LogP contribution in [0.2, 0.25) is 0 Å². The van der Waals surface area contributed by atoms with Crippen molar-refractivity contribution < 1.29 is 13.9 Å². The van der Waals surface area contributed by atoms with Crippen molar-refractivity contribution in [3.63, 3.8) is 0 Å². The standard InChI is InChI=1S/C21H19FN4O2/c1-28-16-8-18(22)17-10-21(25-19(17)9-16)6-7-26(20(21)27)15-4-2-13(3-5-15)14-11-23-24-12-14/h2-5,8-9,11-12,25H,6-7,10H2,1H3,(H,23,24). The van der Waals surface area contributed by atoms with E-state index >= 15 is 0 Å². The highest BCUT2D eigenvalue weighted by Crippen LogP contribution is 2.43. The van der Waals surface area contributed by atoms with Crippen molar-refractivity contribution in [3.8, 4) is 16.9 Å². The molecule has 3 aromatic rings. The molecule has 1 unspecified atom stereocenters. The first-order chi connectivity index (χ1) is 13.6. The van der Waals surface area contributed by atoms with E-state index in [1.54, 1.807) is 17.2 Å². The number of aromatic amines is 1. The van der Waals surface area contributed by atoms with Gasteiger partial charge in [-0.05, 0) is 24.1 Å². The van der Waals surface area contributed by atoms with Crippen molar-refractivity contribution in [2.45, 2.75) is 18.4 Å². The van der Waals surface area contributed by atoms with Gasteiger partial charge in [0.2, 0.25) is 0 Å². The summed E-state index contributed by atoms with van der Waals surface area (Å²) in [7, 11) is 1.50. The fourth-order valence-electron chi connectivity index (χ4n) is 4.16. The summed E-state index contributed by atoms with van der Waals surface area (Å²) in [5.74, 6) is 0.0745. The molecule has 2 N–H and O–H groups in total. The van der Waals surface area contributed by atoms with E-state index in [-0.39, 0.29) is 11.7 Å². The number of rotatable bonds is 3. The van der Waals surface area contributed by atoms with Gasteiger partial charge < -0.3 is 15.0 Å². The van der Waals surface area contributed by atoms with Crippen molar-refractivity contribution in [1.29, 1.82) is 0 Å². The first-order valence-corrected chi connectivity index (χ1v) is 9.15. The van der Waals surface area contributed by atoms with Crippen molar-refractivity contribution in [1.82, 2.24) is 10.2 Å². The summed E-state index contributed by atoms with van der Waals surface area (Å²) in [6, 6.07) is 10.9. The minimum atomic E-state index is -0.793. The molecule has 7 heteroatoms. The number of fused-ring (bicyclic) bond motifs is 1. The maximum Gasteiger partial charge on any atom is 0.253 e. The molecule has 5 rings (SSSR count). The molecule has 3 heterocycles. The highest BCUT2D eigenvalue weighted by molar-refractivity contribution is 6.06. The summed E-state index contributed by atoms with van der Waals surface area (Å²) in [5, 5.41) is 10.0. The molecule has 6 nitrogen and oxygen atoms in total. The monoisotopic (exact) mass is 378 g/mol. The Morgan fingerprint density at radius 3 is 2.75 bits per heavy atom. The van der Waals surface area contributed by atoms with Crippen LogP contribution in [0.3, 0.4) is 0 Å². The number of ether oxygens (including phenoxy) is 1. The number of benzene rings is 2. The Hall–Kier alpha value is -3.35. The summed E-state index contributed by atoms with van der Waals surface area (Å²) in [5.41, 5.74) is 3.25. The number of anilines is 2. The van der Waals surface area contributed by atoms with Crippen LogP contribution in [0, 0.1) is 5.82 Å². The van der Waals surface area contributed by atoms with Gasteiger partial charge in [-0.1, -0.05) is 12.1 Å². The molecule has 1 fully saturated rings. The number of aromatic nitrogens is 2. The average molecular weight is 378 g/mol. The highest BCUT2D eigenvalue weighted by atomic mass is 19.1. The van der Waals surface area contributed by atoms with Gasteiger partial charge in [0.25, 0.3) is 5.91 Å². The van der Waals surface area contributed by atoms with Crippen LogP contribution in [0.1, 0.15) is 12.0 Å². The molecule has 1 atom stereocenters. The maximum absolute atomic E-state index is 14.4. The van der Waals surface area contributed by atoms with Crippen molar-refractivity contribution in [2.24, 2.45) is 0 Å². The fourth-order valence-corrected chi connectivity index (χ4v) is 4.16. The second-order valence-corrected chi connectivity index (χ2v) is 7.26. The average Bonchev–Trinajstić information content (AvgIpc) is 3.43. The van der Waals surface area contributed by atoms with Gasteiger partial charge in [0, 0.05) is 53.8 Å². The van der Waals surface area contributed by atoms with E-state index < -0.39 is 5.54 Å². The van der Waals surface area contributed by atoms with Crippen LogP contribution >= 0.6 is 0 Å². The van der Waals surface area contributed by atoms with Crippen LogP contribution in [0.5, 0.6) is 5.75 Å². The Bertz CT molecular complexity index is 1050. The van der Waals surface area contributed by atoms with Crippen LogP contribution in [0.4, 0.5) is 15.8 Å². The number of carbonyl (C=O) groups is 1. The number of methoxy groups -OCH3 is 1. The zero-order chi connectivity index (χ0) is 19.3. The van der Waals surface area contributed by atoms with Crippen LogP contribution in [0.25, 0.3) is 11.1 Å². The van der Waals surface area contributed by atoms with Gasteiger partial charge in [0.05, 0.1) is 13.3 Å². The number of nitrogens with one attached hydrogen (secondary N) is 2. The van der Waals surface area contributed by atoms with Crippen LogP contribution in [0.15, 0.2) is 48.8 Å². The molecule has 1 spiro atoms. The summed E-state index contributed by atoms with van der Waals surface area (Å²) in [6.07, 6.45) is 4.55. The predicted molar refractivity (Wildman–Crippen MR) is 104 cm³/mol. The molecular formula is C21H19FN4O2. The molecule has 28 heavy (non-hydrogen) atoms. The third-order valence-corrected chi connectivity index (χ3v) is 5.68. The van der Waals surface area contributed by atoms with E-state index in [1.165, 1.54) is 13.2 Å². The normalized spacial score (nSPS) is 20.5. The van der Waals surface area contributed by atoms with E-state index in [9.17, 15) is 9.18 Å². The van der Waals surface area contributed by atoms with E-state index in [0.29, 0.717) is 36.4 Å². The first-order valence-electron chi connectivity index (χ1n) is 9.15. The lowest BCUT2D eigenvalue weighted by Gasteiger charge is -2.24. The first kappa shape index (κ1) is 16.8. The van der Waals surface area contributed by atoms with Crippen LogP contribution in [-0.4, -0.2) is 35.3 Å². The molecule has 0 aliphatic carbocycles. The summed E-state index contributed by atoms with van der Waals surface area (Å²) in [4.78, 5) is 15.0. The molecule has 2 aliphatic rings. The van der Waals surface area contributed by atoms with Gasteiger partial charge in [-0.2, -0.15) is 5.10 Å². The van der Waals surface area contributed by atoms with Crippen LogP contribution in [-0.2, 0) is 11.2 Å². The van der Waals surface area contributed by atoms with Crippen molar-refractivity contribution in [2.75, 3.05) is 23.9 Å². The largest absolute Gasteiger partial charge is 0.497 e. The number of nitrogens with zero attached hydrogens (tertiary/aromatic N) is 2. The molecule has 2 aliphatic heterocycles. The zero-order valence-corrected chi connectivity index (χ0v) is 15.3. The third-order valence-electron chi connectivity index (χ3n) is 5.68. The smallest absolute Gasteiger partial charge is 0.253 e. The molecule has 0 saturated carbocycles. The lowest BCUT2D eigenvalue weighted by atomic mass is 9.93. The van der Waals surface area contributed by atoms with Gasteiger partial charge >= 0.3 is 0 Å². The molecular weight excluding hydrogens is 359 g/mol. The van der Waals surface area contributed by atoms with E-state index in [4.69, 9.17) is 4.74 Å². The van der Waals surface area contributed by atoms with Crippen LogP contribution < -0.4 is 15.0 Å². The second kappa shape index (κ2) is 6.09. The predicted octanol–water partition coefficient (Wildman–Crippen LogP) is 3.37. The lowest BCUT2D eigenvalue weighted by molar-refractivity contribution is -0.120. The Morgan fingerprint density at radius 2 is 2.04 bits per heavy atom. The van der Waals surface area contributed by atoms with Crippen molar-refractivity contribution >= 4 is 17.3 Å². The SMILES string of the molecule is COc1cc(F)c2c(c1)NC1(CCN(c3ccc(-c4cn[nH]c4)cc3)C1=O)C2. The van der Waals surface area contributed by atoms with E-state index in [0.717, 1.165) is 16.8 Å². The van der Waals surface area contributed by atoms with Gasteiger partial charge in [0.15, 0.2) is 0 Å². The van der Waals surface area contributed by atoms with Gasteiger partial charge in [-0.3, -0.25) is 9.89 Å². The topological polar surface area (TPSA) is 70.2 Å². The number of amides is 1. The highest BCUT2D eigenvalue weighted by Gasteiger charge is 2.51. The molecule has 142 valence electrons. The summed E-state index contributed by atoms with van der Waals surface area (Å²) in [6.45, 7) is 0.587. The third kappa shape index (κ3) is 2.46. The molecule has 1 aromatic heterocycles. The van der Waals surface area contributed by atoms with Gasteiger partial charge in [-0.15, -0.1) is 0 Å². The molecule has 2 aromatic carbocycles. The lowest BCUT2D eigenvalue weighted by Crippen LogP contribution is -2.45.